The molecule has 2 nitrogen and oxygen atoms in total. The molecular formula is C12H15BrN2S. The molecule has 0 aliphatic carbocycles. The van der Waals surface area contributed by atoms with Crippen LogP contribution in [0.5, 0.6) is 0 Å². The van der Waals surface area contributed by atoms with Gasteiger partial charge in [-0.3, -0.25) is 0 Å². The van der Waals surface area contributed by atoms with Crippen LogP contribution in [0.4, 0.5) is 5.00 Å². The Labute approximate surface area is 109 Å². The van der Waals surface area contributed by atoms with E-state index in [4.69, 9.17) is 0 Å². The van der Waals surface area contributed by atoms with Crippen molar-refractivity contribution in [3.05, 3.63) is 24.3 Å². The van der Waals surface area contributed by atoms with Crippen molar-refractivity contribution in [3.63, 3.8) is 0 Å². The molecular weight excluding hydrogens is 284 g/mol. The average molecular weight is 299 g/mol. The molecule has 0 amide bonds. The minimum absolute atomic E-state index is 1.04. The van der Waals surface area contributed by atoms with Gasteiger partial charge in [-0.15, -0.1) is 0 Å². The standard InChI is InChI=1S/C12H15BrN2S/c1-2-15(9-5-8-13)12-10-6-3-4-7-11(10)14-16-12/h3-4,6-7H,2,5,8-9H2,1H3. The van der Waals surface area contributed by atoms with Crippen molar-refractivity contribution >= 4 is 43.4 Å². The Morgan fingerprint density at radius 1 is 1.38 bits per heavy atom. The summed E-state index contributed by atoms with van der Waals surface area (Å²) in [4.78, 5) is 2.40. The quantitative estimate of drug-likeness (QED) is 0.778. The number of aromatic nitrogens is 1. The van der Waals surface area contributed by atoms with E-state index in [1.807, 2.05) is 6.07 Å². The molecule has 2 aromatic rings. The minimum Gasteiger partial charge on any atom is -0.362 e. The number of hydrogen-bond donors (Lipinski definition) is 0. The predicted molar refractivity (Wildman–Crippen MR) is 75.9 cm³/mol. The first kappa shape index (κ1) is 11.9. The van der Waals surface area contributed by atoms with Crippen LogP contribution in [0.15, 0.2) is 24.3 Å². The number of halogens is 1. The Morgan fingerprint density at radius 2 is 2.19 bits per heavy atom. The molecule has 4 heteroatoms. The van der Waals surface area contributed by atoms with Gasteiger partial charge < -0.3 is 4.90 Å². The van der Waals surface area contributed by atoms with Crippen molar-refractivity contribution in [1.82, 2.24) is 4.37 Å². The lowest BCUT2D eigenvalue weighted by Gasteiger charge is -2.20. The van der Waals surface area contributed by atoms with E-state index in [2.05, 4.69) is 50.3 Å². The van der Waals surface area contributed by atoms with Gasteiger partial charge >= 0.3 is 0 Å². The van der Waals surface area contributed by atoms with Crippen molar-refractivity contribution in [2.75, 3.05) is 23.3 Å². The SMILES string of the molecule is CCN(CCCBr)c1snc2ccccc12. The number of anilines is 1. The zero-order chi connectivity index (χ0) is 11.4. The smallest absolute Gasteiger partial charge is 0.119 e. The fourth-order valence-corrected chi connectivity index (χ4v) is 2.96. The van der Waals surface area contributed by atoms with Gasteiger partial charge in [0.15, 0.2) is 0 Å². The van der Waals surface area contributed by atoms with Crippen LogP contribution < -0.4 is 4.90 Å². The van der Waals surface area contributed by atoms with Crippen molar-refractivity contribution in [3.8, 4) is 0 Å². The zero-order valence-corrected chi connectivity index (χ0v) is 11.7. The first-order valence-electron chi connectivity index (χ1n) is 5.52. The predicted octanol–water partition coefficient (Wildman–Crippen LogP) is 3.91. The Bertz CT molecular complexity index is 455. The highest BCUT2D eigenvalue weighted by Crippen LogP contribution is 2.30. The van der Waals surface area contributed by atoms with Gasteiger partial charge in [0.25, 0.3) is 0 Å². The number of alkyl halides is 1. The summed E-state index contributed by atoms with van der Waals surface area (Å²) in [6, 6.07) is 8.36. The molecule has 0 saturated heterocycles. The van der Waals surface area contributed by atoms with E-state index in [0.717, 1.165) is 23.9 Å². The monoisotopic (exact) mass is 298 g/mol. The van der Waals surface area contributed by atoms with Gasteiger partial charge in [0.2, 0.25) is 0 Å². The largest absolute Gasteiger partial charge is 0.362 e. The molecule has 1 aromatic heterocycles. The summed E-state index contributed by atoms with van der Waals surface area (Å²) in [6.45, 7) is 4.33. The van der Waals surface area contributed by atoms with Crippen molar-refractivity contribution < 1.29 is 0 Å². The molecule has 0 fully saturated rings. The van der Waals surface area contributed by atoms with E-state index in [-0.39, 0.29) is 0 Å². The minimum atomic E-state index is 1.04. The molecule has 0 aliphatic heterocycles. The second-order valence-electron chi connectivity index (χ2n) is 3.63. The molecule has 0 N–H and O–H groups in total. The Morgan fingerprint density at radius 3 is 2.94 bits per heavy atom. The normalized spacial score (nSPS) is 10.9. The molecule has 0 bridgehead atoms. The fourth-order valence-electron chi connectivity index (χ4n) is 1.76. The summed E-state index contributed by atoms with van der Waals surface area (Å²) in [5.41, 5.74) is 1.11. The number of fused-ring (bicyclic) bond motifs is 1. The molecule has 1 heterocycles. The van der Waals surface area contributed by atoms with Gasteiger partial charge in [-0.1, -0.05) is 28.1 Å². The van der Waals surface area contributed by atoms with Gasteiger partial charge in [-0.2, -0.15) is 4.37 Å². The molecule has 2 rings (SSSR count). The number of nitrogens with zero attached hydrogens (tertiary/aromatic N) is 2. The van der Waals surface area contributed by atoms with E-state index in [1.54, 1.807) is 11.5 Å². The van der Waals surface area contributed by atoms with E-state index < -0.39 is 0 Å². The molecule has 0 spiro atoms. The third-order valence-corrected chi connectivity index (χ3v) is 4.10. The Hall–Kier alpha value is -0.610. The summed E-state index contributed by atoms with van der Waals surface area (Å²) < 4.78 is 4.48. The molecule has 1 aromatic carbocycles. The number of benzene rings is 1. The van der Waals surface area contributed by atoms with Crippen LogP contribution in [0.2, 0.25) is 0 Å². The summed E-state index contributed by atoms with van der Waals surface area (Å²) in [7, 11) is 0. The van der Waals surface area contributed by atoms with Crippen LogP contribution in [0.3, 0.4) is 0 Å². The van der Waals surface area contributed by atoms with Gasteiger partial charge in [-0.25, -0.2) is 0 Å². The number of hydrogen-bond acceptors (Lipinski definition) is 3. The summed E-state index contributed by atoms with van der Waals surface area (Å²) in [5, 5.41) is 3.64. The van der Waals surface area contributed by atoms with E-state index in [1.165, 1.54) is 16.8 Å². The molecule has 16 heavy (non-hydrogen) atoms. The van der Waals surface area contributed by atoms with Gasteiger partial charge in [-0.05, 0) is 37.0 Å². The maximum absolute atomic E-state index is 4.48. The van der Waals surface area contributed by atoms with E-state index >= 15 is 0 Å². The van der Waals surface area contributed by atoms with Crippen molar-refractivity contribution in [2.45, 2.75) is 13.3 Å². The summed E-state index contributed by atoms with van der Waals surface area (Å²) >= 11 is 5.09. The van der Waals surface area contributed by atoms with Gasteiger partial charge in [0.1, 0.15) is 5.00 Å². The highest BCUT2D eigenvalue weighted by Gasteiger charge is 2.11. The van der Waals surface area contributed by atoms with E-state index in [9.17, 15) is 0 Å². The van der Waals surface area contributed by atoms with Gasteiger partial charge in [0.05, 0.1) is 5.52 Å². The molecule has 0 saturated carbocycles. The third-order valence-electron chi connectivity index (χ3n) is 2.60. The second kappa shape index (κ2) is 5.64. The number of rotatable bonds is 5. The molecule has 0 atom stereocenters. The Balaban J connectivity index is 2.30. The Kier molecular flexibility index (Phi) is 4.18. The lowest BCUT2D eigenvalue weighted by molar-refractivity contribution is 0.809. The van der Waals surface area contributed by atoms with Crippen LogP contribution in [0.1, 0.15) is 13.3 Å². The van der Waals surface area contributed by atoms with Crippen LogP contribution >= 0.6 is 27.5 Å². The lowest BCUT2D eigenvalue weighted by Crippen LogP contribution is -2.23. The topological polar surface area (TPSA) is 16.1 Å². The third kappa shape index (κ3) is 2.38. The molecule has 0 radical (unpaired) electrons. The lowest BCUT2D eigenvalue weighted by atomic mass is 10.2. The first-order valence-corrected chi connectivity index (χ1v) is 7.41. The molecule has 0 aliphatic rings. The maximum Gasteiger partial charge on any atom is 0.119 e. The van der Waals surface area contributed by atoms with Crippen molar-refractivity contribution in [1.29, 1.82) is 0 Å². The van der Waals surface area contributed by atoms with Crippen LogP contribution in [0, 0.1) is 0 Å². The summed E-state index contributed by atoms with van der Waals surface area (Å²) in [6.07, 6.45) is 1.17. The first-order chi connectivity index (χ1) is 7.86. The molecule has 86 valence electrons. The maximum atomic E-state index is 4.48. The second-order valence-corrected chi connectivity index (χ2v) is 5.17. The van der Waals surface area contributed by atoms with E-state index in [0.29, 0.717) is 0 Å². The molecule has 0 unspecified atom stereocenters. The van der Waals surface area contributed by atoms with Crippen molar-refractivity contribution in [2.24, 2.45) is 0 Å². The van der Waals surface area contributed by atoms with Crippen LogP contribution in [0.25, 0.3) is 10.9 Å². The van der Waals surface area contributed by atoms with Crippen LogP contribution in [-0.4, -0.2) is 22.8 Å². The summed E-state index contributed by atoms with van der Waals surface area (Å²) in [5.74, 6) is 0. The zero-order valence-electron chi connectivity index (χ0n) is 9.32. The highest BCUT2D eigenvalue weighted by atomic mass is 79.9. The fraction of sp³-hybridized carbons (Fsp3) is 0.417. The van der Waals surface area contributed by atoms with Crippen LogP contribution in [-0.2, 0) is 0 Å². The van der Waals surface area contributed by atoms with Gasteiger partial charge in [0, 0.05) is 23.8 Å². The highest BCUT2D eigenvalue weighted by molar-refractivity contribution is 9.09. The average Bonchev–Trinajstić information content (AvgIpc) is 2.75.